The van der Waals surface area contributed by atoms with Gasteiger partial charge in [0.15, 0.2) is 9.84 Å². The standard InChI is InChI=1S/C13H21NO2S/c1-4-12(17(15,16)5-2)13(14)11-8-6-7-10(3)9-11/h6-9,12-13H,4-5,14H2,1-3H3/t12-,13+/m0/s1. The average Bonchev–Trinajstić information content (AvgIpc) is 2.29. The smallest absolute Gasteiger partial charge is 0.154 e. The molecule has 0 bridgehead atoms. The Bertz CT molecular complexity index is 468. The van der Waals surface area contributed by atoms with Crippen molar-refractivity contribution in [1.82, 2.24) is 0 Å². The minimum absolute atomic E-state index is 0.144. The summed E-state index contributed by atoms with van der Waals surface area (Å²) in [5.74, 6) is 0.144. The molecular formula is C13H21NO2S. The number of hydrogen-bond donors (Lipinski definition) is 1. The van der Waals surface area contributed by atoms with Gasteiger partial charge in [-0.15, -0.1) is 0 Å². The zero-order valence-corrected chi connectivity index (χ0v) is 11.5. The zero-order valence-electron chi connectivity index (χ0n) is 10.7. The molecule has 1 rings (SSSR count). The minimum atomic E-state index is -3.10. The molecule has 2 N–H and O–H groups in total. The van der Waals surface area contributed by atoms with Crippen LogP contribution in [0.25, 0.3) is 0 Å². The predicted molar refractivity (Wildman–Crippen MR) is 71.6 cm³/mol. The maximum Gasteiger partial charge on any atom is 0.154 e. The highest BCUT2D eigenvalue weighted by Gasteiger charge is 2.29. The van der Waals surface area contributed by atoms with Crippen molar-refractivity contribution in [2.75, 3.05) is 5.75 Å². The fraction of sp³-hybridized carbons (Fsp3) is 0.538. The molecular weight excluding hydrogens is 234 g/mol. The van der Waals surface area contributed by atoms with E-state index in [1.165, 1.54) is 0 Å². The number of nitrogens with two attached hydrogens (primary N) is 1. The molecule has 0 unspecified atom stereocenters. The van der Waals surface area contributed by atoms with E-state index in [4.69, 9.17) is 5.73 Å². The largest absolute Gasteiger partial charge is 0.323 e. The Morgan fingerprint density at radius 3 is 2.41 bits per heavy atom. The SMILES string of the molecule is CC[C@@H]([C@H](N)c1cccc(C)c1)S(=O)(=O)CC. The van der Waals surface area contributed by atoms with E-state index in [-0.39, 0.29) is 5.75 Å². The third-order valence-corrected chi connectivity index (χ3v) is 5.45. The Kier molecular flexibility index (Phi) is 4.71. The van der Waals surface area contributed by atoms with E-state index >= 15 is 0 Å². The molecule has 4 heteroatoms. The molecule has 0 spiro atoms. The molecule has 3 nitrogen and oxygen atoms in total. The maximum atomic E-state index is 12.0. The Balaban J connectivity index is 3.06. The molecule has 0 heterocycles. The van der Waals surface area contributed by atoms with E-state index < -0.39 is 21.1 Å². The molecule has 0 saturated heterocycles. The van der Waals surface area contributed by atoms with Crippen LogP contribution in [0.4, 0.5) is 0 Å². The van der Waals surface area contributed by atoms with Crippen LogP contribution in [0.1, 0.15) is 37.4 Å². The van der Waals surface area contributed by atoms with Crippen molar-refractivity contribution in [3.63, 3.8) is 0 Å². The van der Waals surface area contributed by atoms with Crippen LogP contribution in [0.15, 0.2) is 24.3 Å². The van der Waals surface area contributed by atoms with Crippen molar-refractivity contribution in [3.05, 3.63) is 35.4 Å². The molecule has 0 radical (unpaired) electrons. The van der Waals surface area contributed by atoms with Gasteiger partial charge in [0.2, 0.25) is 0 Å². The summed E-state index contributed by atoms with van der Waals surface area (Å²) in [6.45, 7) is 5.51. The normalized spacial score (nSPS) is 15.5. The fourth-order valence-corrected chi connectivity index (χ4v) is 3.58. The summed E-state index contributed by atoms with van der Waals surface area (Å²) in [5.41, 5.74) is 8.10. The first kappa shape index (κ1) is 14.2. The minimum Gasteiger partial charge on any atom is -0.323 e. The summed E-state index contributed by atoms with van der Waals surface area (Å²) < 4.78 is 23.9. The number of benzene rings is 1. The molecule has 0 fully saturated rings. The van der Waals surface area contributed by atoms with Gasteiger partial charge in [0.1, 0.15) is 0 Å². The summed E-state index contributed by atoms with van der Waals surface area (Å²) in [4.78, 5) is 0. The van der Waals surface area contributed by atoms with Crippen molar-refractivity contribution in [3.8, 4) is 0 Å². The van der Waals surface area contributed by atoms with Crippen molar-refractivity contribution >= 4 is 9.84 Å². The lowest BCUT2D eigenvalue weighted by Gasteiger charge is -2.22. The van der Waals surface area contributed by atoms with Gasteiger partial charge in [-0.2, -0.15) is 0 Å². The molecule has 0 amide bonds. The van der Waals surface area contributed by atoms with E-state index in [1.54, 1.807) is 6.92 Å². The predicted octanol–water partition coefficient (Wildman–Crippen LogP) is 2.21. The van der Waals surface area contributed by atoms with Gasteiger partial charge in [-0.3, -0.25) is 0 Å². The molecule has 1 aromatic carbocycles. The van der Waals surface area contributed by atoms with Crippen LogP contribution in [-0.2, 0) is 9.84 Å². The zero-order chi connectivity index (χ0) is 13.1. The van der Waals surface area contributed by atoms with E-state index in [0.717, 1.165) is 11.1 Å². The first-order chi connectivity index (χ1) is 7.92. The van der Waals surface area contributed by atoms with Crippen LogP contribution < -0.4 is 5.73 Å². The molecule has 0 aliphatic rings. The summed E-state index contributed by atoms with van der Waals surface area (Å²) in [6, 6.07) is 7.30. The first-order valence-electron chi connectivity index (χ1n) is 5.96. The lowest BCUT2D eigenvalue weighted by molar-refractivity contribution is 0.549. The topological polar surface area (TPSA) is 60.2 Å². The highest BCUT2D eigenvalue weighted by Crippen LogP contribution is 2.23. The second-order valence-electron chi connectivity index (χ2n) is 4.34. The number of rotatable bonds is 5. The highest BCUT2D eigenvalue weighted by molar-refractivity contribution is 7.92. The summed E-state index contributed by atoms with van der Waals surface area (Å²) in [5, 5.41) is -0.491. The monoisotopic (exact) mass is 255 g/mol. The number of sulfone groups is 1. The van der Waals surface area contributed by atoms with Gasteiger partial charge >= 0.3 is 0 Å². The second-order valence-corrected chi connectivity index (χ2v) is 6.85. The van der Waals surface area contributed by atoms with Gasteiger partial charge in [-0.1, -0.05) is 43.7 Å². The Morgan fingerprint density at radius 1 is 1.29 bits per heavy atom. The van der Waals surface area contributed by atoms with Crippen LogP contribution in [0.5, 0.6) is 0 Å². The first-order valence-corrected chi connectivity index (χ1v) is 7.67. The van der Waals surface area contributed by atoms with Gasteiger partial charge < -0.3 is 5.73 Å². The lowest BCUT2D eigenvalue weighted by Crippen LogP contribution is -2.34. The molecule has 0 aliphatic carbocycles. The van der Waals surface area contributed by atoms with Crippen molar-refractivity contribution in [2.24, 2.45) is 5.73 Å². The van der Waals surface area contributed by atoms with Crippen molar-refractivity contribution in [2.45, 2.75) is 38.5 Å². The van der Waals surface area contributed by atoms with Gasteiger partial charge in [-0.05, 0) is 18.9 Å². The van der Waals surface area contributed by atoms with Crippen LogP contribution >= 0.6 is 0 Å². The molecule has 1 aromatic rings. The molecule has 17 heavy (non-hydrogen) atoms. The Hall–Kier alpha value is -0.870. The van der Waals surface area contributed by atoms with Gasteiger partial charge in [0.25, 0.3) is 0 Å². The third-order valence-electron chi connectivity index (χ3n) is 3.09. The molecule has 0 saturated carbocycles. The third kappa shape index (κ3) is 3.30. The molecule has 0 aromatic heterocycles. The summed E-state index contributed by atoms with van der Waals surface area (Å²) in [7, 11) is -3.10. The van der Waals surface area contributed by atoms with Crippen LogP contribution in [-0.4, -0.2) is 19.4 Å². The van der Waals surface area contributed by atoms with Gasteiger partial charge in [0, 0.05) is 11.8 Å². The van der Waals surface area contributed by atoms with Gasteiger partial charge in [0.05, 0.1) is 5.25 Å². The van der Waals surface area contributed by atoms with Gasteiger partial charge in [-0.25, -0.2) is 8.42 Å². The summed E-state index contributed by atoms with van der Waals surface area (Å²) >= 11 is 0. The number of hydrogen-bond acceptors (Lipinski definition) is 3. The Morgan fingerprint density at radius 2 is 1.94 bits per heavy atom. The van der Waals surface area contributed by atoms with E-state index in [0.29, 0.717) is 6.42 Å². The molecule has 96 valence electrons. The average molecular weight is 255 g/mol. The molecule has 2 atom stereocenters. The van der Waals surface area contributed by atoms with Crippen LogP contribution in [0.2, 0.25) is 0 Å². The molecule has 0 aliphatic heterocycles. The maximum absolute atomic E-state index is 12.0. The highest BCUT2D eigenvalue weighted by atomic mass is 32.2. The second kappa shape index (κ2) is 5.65. The van der Waals surface area contributed by atoms with Crippen LogP contribution in [0, 0.1) is 6.92 Å². The Labute approximate surface area is 104 Å². The van der Waals surface area contributed by atoms with E-state index in [9.17, 15) is 8.42 Å². The van der Waals surface area contributed by atoms with Crippen molar-refractivity contribution < 1.29 is 8.42 Å². The fourth-order valence-electron chi connectivity index (χ4n) is 2.04. The quantitative estimate of drug-likeness (QED) is 0.877. The lowest BCUT2D eigenvalue weighted by atomic mass is 10.0. The van der Waals surface area contributed by atoms with Crippen LogP contribution in [0.3, 0.4) is 0 Å². The van der Waals surface area contributed by atoms with Crippen molar-refractivity contribution in [1.29, 1.82) is 0 Å². The van der Waals surface area contributed by atoms with E-state index in [2.05, 4.69) is 0 Å². The summed E-state index contributed by atoms with van der Waals surface area (Å²) in [6.07, 6.45) is 0.547. The van der Waals surface area contributed by atoms with E-state index in [1.807, 2.05) is 38.1 Å². The number of aryl methyl sites for hydroxylation is 1.